The Balaban J connectivity index is 1.50. The second-order valence-electron chi connectivity index (χ2n) is 7.50. The van der Waals surface area contributed by atoms with Gasteiger partial charge in [-0.2, -0.15) is 20.7 Å². The lowest BCUT2D eigenvalue weighted by Gasteiger charge is -2.38. The van der Waals surface area contributed by atoms with Crippen LogP contribution in [-0.2, 0) is 6.54 Å². The predicted molar refractivity (Wildman–Crippen MR) is 127 cm³/mol. The van der Waals surface area contributed by atoms with Crippen molar-refractivity contribution in [2.45, 2.75) is 19.4 Å². The summed E-state index contributed by atoms with van der Waals surface area (Å²) in [5.74, 6) is 7.32. The minimum atomic E-state index is -2.58. The highest BCUT2D eigenvalue weighted by Crippen LogP contribution is 2.26. The van der Waals surface area contributed by atoms with E-state index in [9.17, 15) is 8.78 Å². The molecule has 1 aromatic carbocycles. The zero-order valence-corrected chi connectivity index (χ0v) is 18.1. The van der Waals surface area contributed by atoms with Crippen LogP contribution in [0.3, 0.4) is 0 Å². The van der Waals surface area contributed by atoms with Crippen molar-refractivity contribution in [2.24, 2.45) is 10.2 Å². The molecule has 2 aromatic rings. The van der Waals surface area contributed by atoms with Crippen LogP contribution in [0.1, 0.15) is 17.7 Å². The number of aromatic nitrogens is 1. The average Bonchev–Trinajstić information content (AvgIpc) is 3.29. The van der Waals surface area contributed by atoms with E-state index < -0.39 is 6.43 Å². The summed E-state index contributed by atoms with van der Waals surface area (Å²) in [5, 5.41) is 7.47. The van der Waals surface area contributed by atoms with Crippen molar-refractivity contribution in [1.29, 1.82) is 0 Å². The van der Waals surface area contributed by atoms with E-state index in [1.165, 1.54) is 0 Å². The molecule has 3 heterocycles. The van der Waals surface area contributed by atoms with Crippen molar-refractivity contribution < 1.29 is 8.78 Å². The van der Waals surface area contributed by atoms with Crippen LogP contribution in [-0.4, -0.2) is 58.2 Å². The number of nitrogens with zero attached hydrogens (tertiary/aromatic N) is 5. The van der Waals surface area contributed by atoms with Gasteiger partial charge in [0.15, 0.2) is 0 Å². The van der Waals surface area contributed by atoms with Crippen molar-refractivity contribution >= 4 is 33.5 Å². The second kappa shape index (κ2) is 9.51. The number of halogens is 2. The van der Waals surface area contributed by atoms with Gasteiger partial charge in [-0.15, -0.1) is 0 Å². The minimum absolute atomic E-state index is 0.0640. The van der Waals surface area contributed by atoms with E-state index in [0.29, 0.717) is 17.8 Å². The fourth-order valence-corrected chi connectivity index (χ4v) is 4.72. The van der Waals surface area contributed by atoms with Gasteiger partial charge in [-0.25, -0.2) is 8.78 Å². The lowest BCUT2D eigenvalue weighted by Crippen LogP contribution is -2.40. The number of para-hydroxylation sites is 1. The number of benzene rings is 1. The number of rotatable bonds is 7. The summed E-state index contributed by atoms with van der Waals surface area (Å²) in [7, 11) is 0.236. The molecule has 0 aliphatic carbocycles. The van der Waals surface area contributed by atoms with Crippen LogP contribution in [0.15, 0.2) is 71.3 Å². The van der Waals surface area contributed by atoms with Gasteiger partial charge >= 0.3 is 0 Å². The third-order valence-electron chi connectivity index (χ3n) is 5.42. The van der Waals surface area contributed by atoms with Crippen LogP contribution in [0.2, 0.25) is 0 Å². The molecule has 1 saturated heterocycles. The van der Waals surface area contributed by atoms with Gasteiger partial charge in [0.25, 0.3) is 6.43 Å². The zero-order valence-electron chi connectivity index (χ0n) is 17.3. The van der Waals surface area contributed by atoms with Crippen molar-refractivity contribution in [3.05, 3.63) is 72.3 Å². The Morgan fingerprint density at radius 3 is 2.45 bits per heavy atom. The largest absolute Gasteiger partial charge is 0.357 e. The van der Waals surface area contributed by atoms with Crippen molar-refractivity contribution in [3.63, 3.8) is 0 Å². The SMILES string of the molecule is C=C(N1CCS(=C)CC1)N(Cc1ccc(C2=NN=C(C(F)F)C2)cn1)c1ccccc1. The molecule has 4 rings (SSSR count). The highest BCUT2D eigenvalue weighted by molar-refractivity contribution is 8.14. The molecule has 0 amide bonds. The Kier molecular flexibility index (Phi) is 6.56. The van der Waals surface area contributed by atoms with E-state index in [0.717, 1.165) is 41.8 Å². The maximum Gasteiger partial charge on any atom is 0.278 e. The molecule has 0 spiro atoms. The van der Waals surface area contributed by atoms with Crippen molar-refractivity contribution in [1.82, 2.24) is 9.88 Å². The molecule has 5 nitrogen and oxygen atoms in total. The van der Waals surface area contributed by atoms with Gasteiger partial charge in [0.1, 0.15) is 11.5 Å². The molecule has 0 saturated carbocycles. The Morgan fingerprint density at radius 1 is 1.10 bits per heavy atom. The number of pyridine rings is 1. The molecule has 0 bridgehead atoms. The number of hydrogen-bond donors (Lipinski definition) is 0. The lowest BCUT2D eigenvalue weighted by atomic mass is 10.1. The summed E-state index contributed by atoms with van der Waals surface area (Å²) < 4.78 is 25.6. The fourth-order valence-electron chi connectivity index (χ4n) is 3.56. The summed E-state index contributed by atoms with van der Waals surface area (Å²) >= 11 is 0. The minimum Gasteiger partial charge on any atom is -0.357 e. The van der Waals surface area contributed by atoms with Gasteiger partial charge in [0.2, 0.25) is 0 Å². The first kappa shape index (κ1) is 21.4. The monoisotopic (exact) mass is 441 g/mol. The highest BCUT2D eigenvalue weighted by Gasteiger charge is 2.23. The highest BCUT2D eigenvalue weighted by atomic mass is 32.2. The van der Waals surface area contributed by atoms with Gasteiger partial charge in [0.05, 0.1) is 18.0 Å². The molecular weight excluding hydrogens is 416 g/mol. The van der Waals surface area contributed by atoms with Gasteiger partial charge < -0.3 is 9.80 Å². The second-order valence-corrected chi connectivity index (χ2v) is 9.54. The molecule has 2 aliphatic rings. The molecule has 1 fully saturated rings. The Morgan fingerprint density at radius 2 is 1.84 bits per heavy atom. The van der Waals surface area contributed by atoms with E-state index in [-0.39, 0.29) is 22.6 Å². The number of alkyl halides is 2. The van der Waals surface area contributed by atoms with Crippen LogP contribution in [0, 0.1) is 0 Å². The first-order valence-electron chi connectivity index (χ1n) is 10.1. The van der Waals surface area contributed by atoms with Crippen LogP contribution >= 0.6 is 10.5 Å². The van der Waals surface area contributed by atoms with Crippen LogP contribution in [0.5, 0.6) is 0 Å². The van der Waals surface area contributed by atoms with E-state index in [1.807, 2.05) is 30.3 Å². The summed E-state index contributed by atoms with van der Waals surface area (Å²) in [4.78, 5) is 9.05. The third-order valence-corrected chi connectivity index (χ3v) is 6.94. The first-order valence-corrected chi connectivity index (χ1v) is 11.8. The summed E-state index contributed by atoms with van der Waals surface area (Å²) in [6.45, 7) is 6.84. The standard InChI is InChI=1S/C23H25F2N5S/c1-17(29-10-12-31(2)13-11-29)30(20-6-4-3-5-7-20)16-19-9-8-18(15-26-19)21-14-22(23(24)25)28-27-21/h3-9,15,23H,1-2,10-14,16H2. The lowest BCUT2D eigenvalue weighted by molar-refractivity contribution is 0.224. The topological polar surface area (TPSA) is 44.1 Å². The van der Waals surface area contributed by atoms with Crippen molar-refractivity contribution in [3.8, 4) is 0 Å². The fraction of sp³-hybridized carbons (Fsp3) is 0.304. The Hall–Kier alpha value is -2.87. The van der Waals surface area contributed by atoms with Gasteiger partial charge in [-0.3, -0.25) is 4.98 Å². The molecular formula is C23H25F2N5S. The molecule has 8 heteroatoms. The van der Waals surface area contributed by atoms with Crippen LogP contribution in [0.4, 0.5) is 14.5 Å². The maximum atomic E-state index is 12.8. The summed E-state index contributed by atoms with van der Waals surface area (Å²) in [6, 6.07) is 13.9. The van der Waals surface area contributed by atoms with E-state index in [2.05, 4.69) is 49.6 Å². The number of anilines is 1. The predicted octanol–water partition coefficient (Wildman–Crippen LogP) is 4.39. The molecule has 31 heavy (non-hydrogen) atoms. The van der Waals surface area contributed by atoms with Crippen LogP contribution in [0.25, 0.3) is 0 Å². The van der Waals surface area contributed by atoms with E-state index in [4.69, 9.17) is 0 Å². The van der Waals surface area contributed by atoms with E-state index >= 15 is 0 Å². The molecule has 2 aliphatic heterocycles. The van der Waals surface area contributed by atoms with Gasteiger partial charge in [-0.05, 0) is 24.3 Å². The summed E-state index contributed by atoms with van der Waals surface area (Å²) in [6.07, 6.45) is -0.832. The molecule has 0 unspecified atom stereocenters. The normalized spacial score (nSPS) is 16.9. The molecule has 162 valence electrons. The smallest absolute Gasteiger partial charge is 0.278 e. The average molecular weight is 442 g/mol. The molecule has 0 atom stereocenters. The van der Waals surface area contributed by atoms with Gasteiger partial charge in [0, 0.05) is 48.5 Å². The quantitative estimate of drug-likeness (QED) is 0.599. The summed E-state index contributed by atoms with van der Waals surface area (Å²) in [5.41, 5.74) is 2.95. The molecule has 0 radical (unpaired) electrons. The Labute approximate surface area is 183 Å². The van der Waals surface area contributed by atoms with Crippen molar-refractivity contribution in [2.75, 3.05) is 29.5 Å². The van der Waals surface area contributed by atoms with Crippen LogP contribution < -0.4 is 4.90 Å². The number of hydrogen-bond acceptors (Lipinski definition) is 5. The zero-order chi connectivity index (χ0) is 21.8. The maximum absolute atomic E-state index is 12.8. The van der Waals surface area contributed by atoms with Gasteiger partial charge in [-0.1, -0.05) is 30.6 Å². The Bertz CT molecular complexity index is 1010. The third kappa shape index (κ3) is 5.07. The first-order chi connectivity index (χ1) is 15.0. The molecule has 0 N–H and O–H groups in total. The molecule has 1 aromatic heterocycles. The van der Waals surface area contributed by atoms with E-state index in [1.54, 1.807) is 6.20 Å².